The van der Waals surface area contributed by atoms with Gasteiger partial charge < -0.3 is 14.6 Å². The first kappa shape index (κ1) is 64.3. The van der Waals surface area contributed by atoms with E-state index in [9.17, 15) is 14.7 Å². The fourth-order valence-electron chi connectivity index (χ4n) is 7.54. The Balaban J connectivity index is 3.57. The zero-order valence-corrected chi connectivity index (χ0v) is 44.1. The van der Waals surface area contributed by atoms with Gasteiger partial charge in [0.1, 0.15) is 6.61 Å². The van der Waals surface area contributed by atoms with Gasteiger partial charge in [0.05, 0.1) is 6.61 Å². The van der Waals surface area contributed by atoms with Crippen molar-refractivity contribution in [2.24, 2.45) is 0 Å². The molecule has 68 heavy (non-hydrogen) atoms. The molecule has 0 saturated heterocycles. The molecule has 0 fully saturated rings. The number of hydrogen-bond acceptors (Lipinski definition) is 5. The molecule has 1 atom stereocenters. The van der Waals surface area contributed by atoms with Crippen LogP contribution in [0.1, 0.15) is 245 Å². The molecule has 0 saturated carbocycles. The van der Waals surface area contributed by atoms with Gasteiger partial charge in [-0.3, -0.25) is 9.59 Å². The van der Waals surface area contributed by atoms with Crippen LogP contribution in [0.4, 0.5) is 0 Å². The highest BCUT2D eigenvalue weighted by Gasteiger charge is 2.16. The number of hydrogen-bond donors (Lipinski definition) is 1. The summed E-state index contributed by atoms with van der Waals surface area (Å²) < 4.78 is 10.7. The predicted octanol–water partition coefficient (Wildman–Crippen LogP) is 19.1. The smallest absolute Gasteiger partial charge is 0.306 e. The Hall–Kier alpha value is -3.70. The second kappa shape index (κ2) is 57.6. The van der Waals surface area contributed by atoms with Crippen molar-refractivity contribution < 1.29 is 24.2 Å². The third kappa shape index (κ3) is 54.9. The van der Waals surface area contributed by atoms with E-state index in [4.69, 9.17) is 9.47 Å². The van der Waals surface area contributed by atoms with Gasteiger partial charge in [0.2, 0.25) is 0 Å². The highest BCUT2D eigenvalue weighted by molar-refractivity contribution is 5.70. The SMILES string of the molecule is CC/C=C\C/C=C\C/C=C\C/C=C\C/C=C\C/C=C\C/C=C\C/C=C\CCCCCCCCCCCCC(=O)OC(CO)COC(=O)CCCCCCCCCCC/C=C\C/C=C\CCCCC. The lowest BCUT2D eigenvalue weighted by molar-refractivity contribution is -0.161. The van der Waals surface area contributed by atoms with Gasteiger partial charge in [0, 0.05) is 12.8 Å². The molecular formula is C63H104O5. The van der Waals surface area contributed by atoms with E-state index in [1.165, 1.54) is 122 Å². The minimum absolute atomic E-state index is 0.0752. The zero-order chi connectivity index (χ0) is 49.2. The largest absolute Gasteiger partial charge is 0.462 e. The van der Waals surface area contributed by atoms with Crippen molar-refractivity contribution in [1.82, 2.24) is 0 Å². The Labute approximate surface area is 420 Å². The number of ether oxygens (including phenoxy) is 2. The van der Waals surface area contributed by atoms with Gasteiger partial charge in [-0.25, -0.2) is 0 Å². The van der Waals surface area contributed by atoms with Gasteiger partial charge in [-0.2, -0.15) is 0 Å². The summed E-state index contributed by atoms with van der Waals surface area (Å²) in [6.07, 6.45) is 84.4. The molecule has 0 aromatic carbocycles. The minimum Gasteiger partial charge on any atom is -0.462 e. The molecule has 0 radical (unpaired) electrons. The van der Waals surface area contributed by atoms with Gasteiger partial charge in [0.15, 0.2) is 6.10 Å². The maximum Gasteiger partial charge on any atom is 0.306 e. The van der Waals surface area contributed by atoms with Gasteiger partial charge in [-0.05, 0) is 109 Å². The first-order chi connectivity index (χ1) is 33.6. The number of aliphatic hydroxyl groups is 1. The second-order valence-electron chi connectivity index (χ2n) is 18.3. The molecule has 0 bridgehead atoms. The number of aliphatic hydroxyl groups excluding tert-OH is 1. The number of carbonyl (C=O) groups excluding carboxylic acids is 2. The molecule has 1 N–H and O–H groups in total. The van der Waals surface area contributed by atoms with Crippen LogP contribution >= 0.6 is 0 Å². The lowest BCUT2D eigenvalue weighted by Gasteiger charge is -2.15. The number of rotatable bonds is 50. The first-order valence-corrected chi connectivity index (χ1v) is 28.1. The van der Waals surface area contributed by atoms with Gasteiger partial charge in [0.25, 0.3) is 0 Å². The van der Waals surface area contributed by atoms with Crippen molar-refractivity contribution in [2.75, 3.05) is 13.2 Å². The van der Waals surface area contributed by atoms with E-state index in [-0.39, 0.29) is 25.2 Å². The molecule has 0 aliphatic carbocycles. The molecule has 0 amide bonds. The maximum atomic E-state index is 12.3. The molecular weight excluding hydrogens is 837 g/mol. The highest BCUT2D eigenvalue weighted by Crippen LogP contribution is 2.15. The van der Waals surface area contributed by atoms with E-state index in [0.29, 0.717) is 12.8 Å². The van der Waals surface area contributed by atoms with Crippen molar-refractivity contribution in [3.05, 3.63) is 122 Å². The highest BCUT2D eigenvalue weighted by atomic mass is 16.6. The van der Waals surface area contributed by atoms with E-state index in [2.05, 4.69) is 135 Å². The molecule has 0 aliphatic rings. The van der Waals surface area contributed by atoms with Crippen molar-refractivity contribution in [3.8, 4) is 0 Å². The minimum atomic E-state index is -0.784. The van der Waals surface area contributed by atoms with E-state index >= 15 is 0 Å². The average Bonchev–Trinajstić information content (AvgIpc) is 3.34. The summed E-state index contributed by atoms with van der Waals surface area (Å²) >= 11 is 0. The van der Waals surface area contributed by atoms with Crippen LogP contribution in [0.2, 0.25) is 0 Å². The van der Waals surface area contributed by atoms with Crippen molar-refractivity contribution >= 4 is 11.9 Å². The van der Waals surface area contributed by atoms with Gasteiger partial charge in [-0.15, -0.1) is 0 Å². The van der Waals surface area contributed by atoms with E-state index < -0.39 is 6.10 Å². The Morgan fingerprint density at radius 2 is 0.632 bits per heavy atom. The Kier molecular flexibility index (Phi) is 54.5. The van der Waals surface area contributed by atoms with Crippen molar-refractivity contribution in [1.29, 1.82) is 0 Å². The van der Waals surface area contributed by atoms with Crippen LogP contribution in [0.5, 0.6) is 0 Å². The molecule has 1 unspecified atom stereocenters. The van der Waals surface area contributed by atoms with Gasteiger partial charge >= 0.3 is 11.9 Å². The van der Waals surface area contributed by atoms with Gasteiger partial charge in [-0.1, -0.05) is 245 Å². The fraction of sp³-hybridized carbons (Fsp3) is 0.651. The number of esters is 2. The first-order valence-electron chi connectivity index (χ1n) is 28.1. The predicted molar refractivity (Wildman–Crippen MR) is 297 cm³/mol. The van der Waals surface area contributed by atoms with Crippen LogP contribution < -0.4 is 0 Å². The summed E-state index contributed by atoms with van der Waals surface area (Å²) in [5, 5.41) is 9.65. The fourth-order valence-corrected chi connectivity index (χ4v) is 7.54. The maximum absolute atomic E-state index is 12.3. The van der Waals surface area contributed by atoms with Crippen LogP contribution in [0.25, 0.3) is 0 Å². The zero-order valence-electron chi connectivity index (χ0n) is 44.1. The van der Waals surface area contributed by atoms with Crippen LogP contribution in [-0.4, -0.2) is 36.4 Å². The molecule has 5 heteroatoms. The molecule has 0 aromatic heterocycles. The Morgan fingerprint density at radius 3 is 0.956 bits per heavy atom. The van der Waals surface area contributed by atoms with E-state index in [1.807, 2.05) is 0 Å². The summed E-state index contributed by atoms with van der Waals surface area (Å²) in [6, 6.07) is 0. The normalized spacial score (nSPS) is 13.2. The molecule has 0 spiro atoms. The Morgan fingerprint density at radius 1 is 0.353 bits per heavy atom. The summed E-state index contributed by atoms with van der Waals surface area (Å²) in [4.78, 5) is 24.5. The second-order valence-corrected chi connectivity index (χ2v) is 18.3. The lowest BCUT2D eigenvalue weighted by atomic mass is 10.0. The third-order valence-electron chi connectivity index (χ3n) is 11.7. The standard InChI is InChI=1S/C63H104O5/c1-3-5-7-9-11-13-15-17-19-21-23-24-25-26-27-28-29-30-31-32-33-34-35-36-37-38-40-42-44-46-48-50-52-54-56-58-63(66)68-61(59-64)60-67-62(65)57-55-53-51-49-47-45-43-41-39-22-20-18-16-14-12-10-8-6-4-2/h5,7,11-14,17-20,23-24,26-27,29-30,32-33,35-36,61,64H,3-4,6,8-10,15-16,21-22,25,28,31,34,37-60H2,1-2H3/b7-5-,13-11-,14-12-,19-17-,20-18-,24-23-,27-26-,30-29-,33-32-,36-35-. The van der Waals surface area contributed by atoms with Crippen LogP contribution in [-0.2, 0) is 19.1 Å². The number of allylic oxidation sites excluding steroid dienone is 20. The van der Waals surface area contributed by atoms with Crippen molar-refractivity contribution in [3.63, 3.8) is 0 Å². The molecule has 0 aromatic rings. The third-order valence-corrected chi connectivity index (χ3v) is 11.7. The molecule has 386 valence electrons. The summed E-state index contributed by atoms with van der Waals surface area (Å²) in [6.45, 7) is 4.00. The van der Waals surface area contributed by atoms with E-state index in [1.54, 1.807) is 0 Å². The van der Waals surface area contributed by atoms with Crippen LogP contribution in [0.15, 0.2) is 122 Å². The number of carbonyl (C=O) groups is 2. The average molecular weight is 942 g/mol. The summed E-state index contributed by atoms with van der Waals surface area (Å²) in [5.41, 5.74) is 0. The van der Waals surface area contributed by atoms with Crippen LogP contribution in [0.3, 0.4) is 0 Å². The summed E-state index contributed by atoms with van der Waals surface area (Å²) in [7, 11) is 0. The summed E-state index contributed by atoms with van der Waals surface area (Å²) in [5.74, 6) is -0.603. The number of unbranched alkanes of at least 4 members (excludes halogenated alkanes) is 22. The Bertz CT molecular complexity index is 1390. The van der Waals surface area contributed by atoms with Crippen molar-refractivity contribution in [2.45, 2.75) is 251 Å². The van der Waals surface area contributed by atoms with E-state index in [0.717, 1.165) is 96.3 Å². The monoisotopic (exact) mass is 941 g/mol. The molecule has 0 rings (SSSR count). The molecule has 0 aliphatic heterocycles. The molecule has 0 heterocycles. The van der Waals surface area contributed by atoms with Crippen LogP contribution in [0, 0.1) is 0 Å². The topological polar surface area (TPSA) is 72.8 Å². The quantitative estimate of drug-likeness (QED) is 0.0374. The molecule has 5 nitrogen and oxygen atoms in total. The lowest BCUT2D eigenvalue weighted by Crippen LogP contribution is -2.28.